The van der Waals surface area contributed by atoms with Crippen LogP contribution in [0.5, 0.6) is 11.5 Å². The van der Waals surface area contributed by atoms with Crippen molar-refractivity contribution in [3.8, 4) is 22.6 Å². The van der Waals surface area contributed by atoms with Gasteiger partial charge in [0.25, 0.3) is 0 Å². The molecule has 6 nitrogen and oxygen atoms in total. The number of benzene rings is 2. The zero-order valence-corrected chi connectivity index (χ0v) is 11.8. The Balaban J connectivity index is 1.75. The molecule has 1 amide bonds. The molecule has 0 spiro atoms. The van der Waals surface area contributed by atoms with E-state index in [1.165, 1.54) is 0 Å². The number of ether oxygens (including phenoxy) is 2. The van der Waals surface area contributed by atoms with Gasteiger partial charge in [-0.05, 0) is 35.4 Å². The summed E-state index contributed by atoms with van der Waals surface area (Å²) in [5, 5.41) is 11.5. The van der Waals surface area contributed by atoms with Gasteiger partial charge in [0.1, 0.15) is 6.04 Å². The van der Waals surface area contributed by atoms with E-state index in [1.807, 2.05) is 30.3 Å². The molecule has 0 fully saturated rings. The lowest BCUT2D eigenvalue weighted by atomic mass is 10.0. The van der Waals surface area contributed by atoms with Crippen LogP contribution in [-0.2, 0) is 4.79 Å². The third-order valence-corrected chi connectivity index (χ3v) is 3.39. The Hall–Kier alpha value is -2.57. The van der Waals surface area contributed by atoms with E-state index in [9.17, 15) is 4.79 Å². The van der Waals surface area contributed by atoms with Crippen LogP contribution < -0.4 is 20.5 Å². The van der Waals surface area contributed by atoms with Gasteiger partial charge in [0.2, 0.25) is 12.7 Å². The summed E-state index contributed by atoms with van der Waals surface area (Å²) in [6, 6.07) is 12.1. The number of anilines is 1. The maximum absolute atomic E-state index is 11.6. The van der Waals surface area contributed by atoms with E-state index >= 15 is 0 Å². The topological polar surface area (TPSA) is 93.8 Å². The average Bonchev–Trinajstić information content (AvgIpc) is 3.02. The van der Waals surface area contributed by atoms with E-state index in [1.54, 1.807) is 12.1 Å². The third-order valence-electron chi connectivity index (χ3n) is 3.39. The molecule has 0 aliphatic carbocycles. The predicted molar refractivity (Wildman–Crippen MR) is 81.7 cm³/mol. The van der Waals surface area contributed by atoms with Gasteiger partial charge in [-0.15, -0.1) is 0 Å². The van der Waals surface area contributed by atoms with Crippen LogP contribution in [0.4, 0.5) is 5.69 Å². The van der Waals surface area contributed by atoms with Crippen LogP contribution in [0, 0.1) is 0 Å². The van der Waals surface area contributed by atoms with Gasteiger partial charge in [-0.2, -0.15) is 0 Å². The van der Waals surface area contributed by atoms with Crippen molar-refractivity contribution >= 4 is 11.6 Å². The van der Waals surface area contributed by atoms with Crippen LogP contribution in [0.2, 0.25) is 0 Å². The number of carbonyl (C=O) groups excluding carboxylic acids is 1. The highest BCUT2D eigenvalue weighted by atomic mass is 16.7. The molecule has 3 rings (SSSR count). The molecule has 0 radical (unpaired) electrons. The molecule has 0 bridgehead atoms. The van der Waals surface area contributed by atoms with Crippen molar-refractivity contribution in [3.05, 3.63) is 42.5 Å². The number of hydrogen-bond donors (Lipinski definition) is 3. The van der Waals surface area contributed by atoms with Crippen molar-refractivity contribution in [1.29, 1.82) is 0 Å². The van der Waals surface area contributed by atoms with E-state index < -0.39 is 11.9 Å². The van der Waals surface area contributed by atoms with E-state index in [-0.39, 0.29) is 13.4 Å². The predicted octanol–water partition coefficient (Wildman–Crippen LogP) is 1.34. The first kappa shape index (κ1) is 14.4. The number of nitrogens with one attached hydrogen (secondary N) is 1. The van der Waals surface area contributed by atoms with Crippen molar-refractivity contribution in [3.63, 3.8) is 0 Å². The first-order valence-electron chi connectivity index (χ1n) is 6.85. The normalized spacial score (nSPS) is 13.7. The zero-order valence-electron chi connectivity index (χ0n) is 11.8. The molecule has 22 heavy (non-hydrogen) atoms. The molecule has 2 aromatic rings. The summed E-state index contributed by atoms with van der Waals surface area (Å²) < 4.78 is 10.6. The number of fused-ring (bicyclic) bond motifs is 1. The van der Waals surface area contributed by atoms with Crippen LogP contribution in [0.15, 0.2) is 42.5 Å². The number of carbonyl (C=O) groups is 1. The summed E-state index contributed by atoms with van der Waals surface area (Å²) >= 11 is 0. The molecular formula is C16H16N2O4. The van der Waals surface area contributed by atoms with Gasteiger partial charge >= 0.3 is 0 Å². The number of hydrogen-bond acceptors (Lipinski definition) is 5. The van der Waals surface area contributed by atoms with Gasteiger partial charge < -0.3 is 25.6 Å². The largest absolute Gasteiger partial charge is 0.454 e. The first-order valence-corrected chi connectivity index (χ1v) is 6.85. The zero-order chi connectivity index (χ0) is 15.5. The first-order chi connectivity index (χ1) is 10.7. The quantitative estimate of drug-likeness (QED) is 0.792. The van der Waals surface area contributed by atoms with Gasteiger partial charge in [0.15, 0.2) is 11.5 Å². The van der Waals surface area contributed by atoms with Crippen LogP contribution in [-0.4, -0.2) is 30.5 Å². The van der Waals surface area contributed by atoms with Crippen molar-refractivity contribution in [2.24, 2.45) is 5.73 Å². The summed E-state index contributed by atoms with van der Waals surface area (Å²) in [7, 11) is 0. The molecular weight excluding hydrogens is 284 g/mol. The summed E-state index contributed by atoms with van der Waals surface area (Å²) in [6.45, 7) is -0.143. The molecule has 4 N–H and O–H groups in total. The average molecular weight is 300 g/mol. The van der Waals surface area contributed by atoms with Crippen molar-refractivity contribution < 1.29 is 19.4 Å². The molecule has 1 unspecified atom stereocenters. The van der Waals surface area contributed by atoms with Gasteiger partial charge in [-0.25, -0.2) is 0 Å². The van der Waals surface area contributed by atoms with E-state index in [4.69, 9.17) is 20.3 Å². The number of aliphatic hydroxyl groups is 1. The van der Waals surface area contributed by atoms with Crippen LogP contribution in [0.25, 0.3) is 11.1 Å². The second-order valence-corrected chi connectivity index (χ2v) is 4.92. The lowest BCUT2D eigenvalue weighted by molar-refractivity contribution is -0.118. The Bertz CT molecular complexity index is 685. The van der Waals surface area contributed by atoms with Gasteiger partial charge in [0, 0.05) is 5.69 Å². The molecule has 1 aliphatic rings. The number of aliphatic hydroxyl groups excluding tert-OH is 1. The molecule has 0 saturated carbocycles. The Morgan fingerprint density at radius 1 is 1.14 bits per heavy atom. The van der Waals surface area contributed by atoms with Crippen molar-refractivity contribution in [2.45, 2.75) is 6.04 Å². The highest BCUT2D eigenvalue weighted by Crippen LogP contribution is 2.36. The minimum Gasteiger partial charge on any atom is -0.454 e. The fraction of sp³-hybridized carbons (Fsp3) is 0.188. The third kappa shape index (κ3) is 2.88. The molecule has 0 aromatic heterocycles. The van der Waals surface area contributed by atoms with E-state index in [0.29, 0.717) is 5.69 Å². The van der Waals surface area contributed by atoms with Crippen LogP contribution in [0.3, 0.4) is 0 Å². The maximum Gasteiger partial charge on any atom is 0.243 e. The maximum atomic E-state index is 11.6. The smallest absolute Gasteiger partial charge is 0.243 e. The molecule has 6 heteroatoms. The van der Waals surface area contributed by atoms with Crippen LogP contribution >= 0.6 is 0 Å². The Kier molecular flexibility index (Phi) is 3.95. The SMILES string of the molecule is NC(CO)C(=O)Nc1ccc(-c2ccc3c(c2)OCO3)cc1. The monoisotopic (exact) mass is 300 g/mol. The summed E-state index contributed by atoms with van der Waals surface area (Å²) in [5.74, 6) is 1.05. The molecule has 114 valence electrons. The van der Waals surface area contributed by atoms with Gasteiger partial charge in [-0.3, -0.25) is 4.79 Å². The lowest BCUT2D eigenvalue weighted by Gasteiger charge is -2.10. The number of nitrogens with two attached hydrogens (primary N) is 1. The van der Waals surface area contributed by atoms with E-state index in [2.05, 4.69) is 5.32 Å². The number of rotatable bonds is 4. The summed E-state index contributed by atoms with van der Waals surface area (Å²) in [6.07, 6.45) is 0. The molecule has 0 saturated heterocycles. The standard InChI is InChI=1S/C16H16N2O4/c17-13(8-19)16(20)18-12-4-1-10(2-5-12)11-3-6-14-15(7-11)22-9-21-14/h1-7,13,19H,8-9,17H2,(H,18,20). The Morgan fingerprint density at radius 3 is 2.55 bits per heavy atom. The van der Waals surface area contributed by atoms with Crippen molar-refractivity contribution in [2.75, 3.05) is 18.7 Å². The number of amides is 1. The second-order valence-electron chi connectivity index (χ2n) is 4.92. The highest BCUT2D eigenvalue weighted by Gasteiger charge is 2.14. The molecule has 1 atom stereocenters. The van der Waals surface area contributed by atoms with Crippen molar-refractivity contribution in [1.82, 2.24) is 0 Å². The molecule has 2 aromatic carbocycles. The Morgan fingerprint density at radius 2 is 1.82 bits per heavy atom. The minimum absolute atomic E-state index is 0.245. The Labute approximate surface area is 127 Å². The fourth-order valence-corrected chi connectivity index (χ4v) is 2.14. The second kappa shape index (κ2) is 6.05. The lowest BCUT2D eigenvalue weighted by Crippen LogP contribution is -2.38. The minimum atomic E-state index is -0.923. The highest BCUT2D eigenvalue weighted by molar-refractivity contribution is 5.95. The molecule has 1 aliphatic heterocycles. The molecule has 1 heterocycles. The van der Waals surface area contributed by atoms with E-state index in [0.717, 1.165) is 22.6 Å². The van der Waals surface area contributed by atoms with Gasteiger partial charge in [-0.1, -0.05) is 18.2 Å². The van der Waals surface area contributed by atoms with Gasteiger partial charge in [0.05, 0.1) is 6.61 Å². The summed E-state index contributed by atoms with van der Waals surface area (Å²) in [4.78, 5) is 11.6. The summed E-state index contributed by atoms with van der Waals surface area (Å²) in [5.41, 5.74) is 8.06. The van der Waals surface area contributed by atoms with Crippen LogP contribution in [0.1, 0.15) is 0 Å². The fourth-order valence-electron chi connectivity index (χ4n) is 2.14.